The van der Waals surface area contributed by atoms with Gasteiger partial charge in [0, 0.05) is 36.8 Å². The summed E-state index contributed by atoms with van der Waals surface area (Å²) in [5, 5.41) is 7.07. The topological polar surface area (TPSA) is 16.4 Å². The van der Waals surface area contributed by atoms with E-state index in [9.17, 15) is 0 Å². The van der Waals surface area contributed by atoms with E-state index in [1.807, 2.05) is 11.3 Å². The Hall–Kier alpha value is -6.94. The molecule has 0 saturated heterocycles. The average Bonchev–Trinajstić information content (AvgIpc) is 3.85. The summed E-state index contributed by atoms with van der Waals surface area (Å²) in [5.41, 5.74) is 12.0. The summed E-state index contributed by atoms with van der Waals surface area (Å²) < 4.78 is 9.64. The molecule has 0 spiro atoms. The Morgan fingerprint density at radius 3 is 1.78 bits per heavy atom. The van der Waals surface area contributed by atoms with E-state index in [1.54, 1.807) is 0 Å². The maximum absolute atomic E-state index is 7.09. The lowest BCUT2D eigenvalue weighted by Crippen LogP contribution is -2.10. The van der Waals surface area contributed by atoms with Gasteiger partial charge in [0.15, 0.2) is 0 Å². The molecule has 258 valence electrons. The SMILES string of the molecule is c1ccc(-c2ccc(N(c3cccc4sc5ccccc5c34)c3cccc4oc5c(-c6ccccc6-c6ccccc6)cc6ccccc6c5c34)cc2)cc1. The molecule has 0 aliphatic rings. The number of thiophene rings is 1. The number of rotatable bonds is 6. The summed E-state index contributed by atoms with van der Waals surface area (Å²) in [5.74, 6) is 0. The van der Waals surface area contributed by atoms with E-state index in [2.05, 4.69) is 205 Å². The highest BCUT2D eigenvalue weighted by atomic mass is 32.1. The number of benzene rings is 9. The molecule has 0 aliphatic heterocycles. The molecule has 3 heteroatoms. The molecule has 0 saturated carbocycles. The lowest BCUT2D eigenvalue weighted by Gasteiger charge is -2.27. The van der Waals surface area contributed by atoms with Crippen LogP contribution in [0.5, 0.6) is 0 Å². The number of hydrogen-bond acceptors (Lipinski definition) is 3. The van der Waals surface area contributed by atoms with Crippen molar-refractivity contribution in [2.45, 2.75) is 0 Å². The molecule has 2 heterocycles. The van der Waals surface area contributed by atoms with Crippen molar-refractivity contribution in [3.63, 3.8) is 0 Å². The van der Waals surface area contributed by atoms with Gasteiger partial charge in [0.05, 0.1) is 16.8 Å². The van der Waals surface area contributed by atoms with E-state index in [0.29, 0.717) is 0 Å². The van der Waals surface area contributed by atoms with E-state index < -0.39 is 0 Å². The lowest BCUT2D eigenvalue weighted by molar-refractivity contribution is 0.670. The third-order valence-corrected chi connectivity index (χ3v) is 12.0. The van der Waals surface area contributed by atoms with Gasteiger partial charge in [-0.25, -0.2) is 0 Å². The normalized spacial score (nSPS) is 11.6. The molecular weight excluding hydrogens is 687 g/mol. The highest BCUT2D eigenvalue weighted by Crippen LogP contribution is 2.51. The van der Waals surface area contributed by atoms with Gasteiger partial charge in [0.25, 0.3) is 0 Å². The van der Waals surface area contributed by atoms with Crippen molar-refractivity contribution in [1.82, 2.24) is 0 Å². The zero-order chi connectivity index (χ0) is 36.3. The fraction of sp³-hybridized carbons (Fsp3) is 0. The molecule has 2 nitrogen and oxygen atoms in total. The highest BCUT2D eigenvalue weighted by molar-refractivity contribution is 7.26. The van der Waals surface area contributed by atoms with Crippen LogP contribution >= 0.6 is 11.3 Å². The van der Waals surface area contributed by atoms with Gasteiger partial charge in [-0.15, -0.1) is 11.3 Å². The number of hydrogen-bond donors (Lipinski definition) is 0. The van der Waals surface area contributed by atoms with Crippen LogP contribution in [-0.2, 0) is 0 Å². The third-order valence-electron chi connectivity index (χ3n) is 10.9. The minimum atomic E-state index is 0.857. The number of fused-ring (bicyclic) bond motifs is 8. The molecule has 55 heavy (non-hydrogen) atoms. The van der Waals surface area contributed by atoms with Gasteiger partial charge in [-0.1, -0.05) is 152 Å². The first-order chi connectivity index (χ1) is 27.3. The predicted molar refractivity (Wildman–Crippen MR) is 235 cm³/mol. The Labute approximate surface area is 322 Å². The van der Waals surface area contributed by atoms with Crippen molar-refractivity contribution in [1.29, 1.82) is 0 Å². The first-order valence-electron chi connectivity index (χ1n) is 18.7. The first-order valence-corrected chi connectivity index (χ1v) is 19.5. The van der Waals surface area contributed by atoms with E-state index in [1.165, 1.54) is 53.2 Å². The van der Waals surface area contributed by atoms with Crippen molar-refractivity contribution >= 4 is 81.3 Å². The summed E-state index contributed by atoms with van der Waals surface area (Å²) in [4.78, 5) is 2.45. The molecule has 0 aliphatic carbocycles. The van der Waals surface area contributed by atoms with Crippen molar-refractivity contribution in [2.75, 3.05) is 4.90 Å². The molecule has 0 fully saturated rings. The molecule has 0 radical (unpaired) electrons. The minimum absolute atomic E-state index is 0.857. The van der Waals surface area contributed by atoms with E-state index >= 15 is 0 Å². The van der Waals surface area contributed by atoms with Crippen LogP contribution in [0.3, 0.4) is 0 Å². The van der Waals surface area contributed by atoms with Gasteiger partial charge in [0.2, 0.25) is 0 Å². The monoisotopic (exact) mass is 719 g/mol. The Morgan fingerprint density at radius 2 is 0.982 bits per heavy atom. The van der Waals surface area contributed by atoms with Gasteiger partial charge >= 0.3 is 0 Å². The quantitative estimate of drug-likeness (QED) is 0.170. The molecule has 11 rings (SSSR count). The molecule has 0 amide bonds. The lowest BCUT2D eigenvalue weighted by atomic mass is 9.91. The van der Waals surface area contributed by atoms with Crippen LogP contribution in [0.1, 0.15) is 0 Å². The Bertz CT molecular complexity index is 3190. The Balaban J connectivity index is 1.23. The summed E-state index contributed by atoms with van der Waals surface area (Å²) in [6.45, 7) is 0. The molecule has 9 aromatic carbocycles. The first kappa shape index (κ1) is 31.6. The maximum atomic E-state index is 7.09. The Kier molecular flexibility index (Phi) is 7.39. The predicted octanol–water partition coefficient (Wildman–Crippen LogP) is 15.6. The van der Waals surface area contributed by atoms with E-state index in [4.69, 9.17) is 4.42 Å². The molecule has 0 atom stereocenters. The third kappa shape index (κ3) is 5.16. The van der Waals surface area contributed by atoms with E-state index in [0.717, 1.165) is 50.1 Å². The summed E-state index contributed by atoms with van der Waals surface area (Å²) in [6, 6.07) is 72.0. The zero-order valence-electron chi connectivity index (χ0n) is 29.8. The number of nitrogens with zero attached hydrogens (tertiary/aromatic N) is 1. The van der Waals surface area contributed by atoms with Crippen molar-refractivity contribution in [3.8, 4) is 33.4 Å². The van der Waals surface area contributed by atoms with Gasteiger partial charge in [-0.2, -0.15) is 0 Å². The second-order valence-electron chi connectivity index (χ2n) is 14.0. The van der Waals surface area contributed by atoms with Crippen LogP contribution in [0.25, 0.3) is 86.3 Å². The van der Waals surface area contributed by atoms with Crippen LogP contribution in [0.2, 0.25) is 0 Å². The van der Waals surface area contributed by atoms with Crippen LogP contribution < -0.4 is 4.90 Å². The minimum Gasteiger partial charge on any atom is -0.455 e. The molecule has 2 aromatic heterocycles. The van der Waals surface area contributed by atoms with Crippen molar-refractivity contribution in [2.24, 2.45) is 0 Å². The summed E-state index contributed by atoms with van der Waals surface area (Å²) in [7, 11) is 0. The van der Waals surface area contributed by atoms with Gasteiger partial charge in [-0.05, 0) is 87.1 Å². The highest BCUT2D eigenvalue weighted by Gasteiger charge is 2.25. The largest absolute Gasteiger partial charge is 0.455 e. The van der Waals surface area contributed by atoms with Crippen LogP contribution in [0.15, 0.2) is 205 Å². The van der Waals surface area contributed by atoms with Crippen LogP contribution in [0, 0.1) is 0 Å². The van der Waals surface area contributed by atoms with Gasteiger partial charge in [0.1, 0.15) is 11.2 Å². The molecule has 0 bridgehead atoms. The maximum Gasteiger partial charge on any atom is 0.143 e. The molecule has 0 unspecified atom stereocenters. The zero-order valence-corrected chi connectivity index (χ0v) is 30.6. The average molecular weight is 720 g/mol. The fourth-order valence-electron chi connectivity index (χ4n) is 8.41. The number of furan rings is 1. The van der Waals surface area contributed by atoms with Crippen molar-refractivity contribution < 1.29 is 4.42 Å². The summed E-state index contributed by atoms with van der Waals surface area (Å²) in [6.07, 6.45) is 0. The standard InChI is InChI=1S/C52H33NOS/c1-3-15-34(16-4-1)35-29-31-38(32-30-35)53(44-25-14-28-48-49(44)42-23-11-12-27-47(42)55-48)45-24-13-26-46-51(45)50-40-21-8-7-19-37(40)33-43(52(50)54-46)41-22-10-9-20-39(41)36-17-5-2-6-18-36/h1-33H. The smallest absolute Gasteiger partial charge is 0.143 e. The van der Waals surface area contributed by atoms with Crippen LogP contribution in [0.4, 0.5) is 17.1 Å². The van der Waals surface area contributed by atoms with Crippen LogP contribution in [-0.4, -0.2) is 0 Å². The summed E-state index contributed by atoms with van der Waals surface area (Å²) >= 11 is 1.85. The number of anilines is 3. The Morgan fingerprint density at radius 1 is 0.382 bits per heavy atom. The fourth-order valence-corrected chi connectivity index (χ4v) is 9.53. The molecular formula is C52H33NOS. The second-order valence-corrected chi connectivity index (χ2v) is 15.1. The second kappa shape index (κ2) is 12.9. The molecule has 11 aromatic rings. The van der Waals surface area contributed by atoms with E-state index in [-0.39, 0.29) is 0 Å². The van der Waals surface area contributed by atoms with Gasteiger partial charge in [-0.3, -0.25) is 0 Å². The van der Waals surface area contributed by atoms with Gasteiger partial charge < -0.3 is 9.32 Å². The molecule has 0 N–H and O–H groups in total. The van der Waals surface area contributed by atoms with Crippen molar-refractivity contribution in [3.05, 3.63) is 200 Å².